The van der Waals surface area contributed by atoms with Crippen molar-refractivity contribution in [3.8, 4) is 11.1 Å². The largest absolute Gasteiger partial charge is 0.485 e. The average molecular weight is 487 g/mol. The number of carbonyl (C=O) groups is 1. The molecule has 4 heterocycles. The second kappa shape index (κ2) is 11.5. The number of rotatable bonds is 7. The zero-order valence-electron chi connectivity index (χ0n) is 21.0. The summed E-state index contributed by atoms with van der Waals surface area (Å²) in [5, 5.41) is 4.64. The highest BCUT2D eigenvalue weighted by Crippen LogP contribution is 2.31. The van der Waals surface area contributed by atoms with Crippen LogP contribution in [0.4, 0.5) is 0 Å². The monoisotopic (exact) mass is 486 g/mol. The van der Waals surface area contributed by atoms with Gasteiger partial charge in [0.05, 0.1) is 25.1 Å². The van der Waals surface area contributed by atoms with Crippen molar-refractivity contribution in [2.75, 3.05) is 32.9 Å². The summed E-state index contributed by atoms with van der Waals surface area (Å²) in [6, 6.07) is 10.2. The summed E-state index contributed by atoms with van der Waals surface area (Å²) in [6.45, 7) is 5.58. The fraction of sp³-hybridized carbons (Fsp3) is 0.414. The lowest BCUT2D eigenvalue weighted by Gasteiger charge is -2.34. The number of benzene rings is 1. The zero-order valence-corrected chi connectivity index (χ0v) is 21.0. The molecular weight excluding hydrogens is 452 g/mol. The fourth-order valence-corrected chi connectivity index (χ4v) is 4.79. The van der Waals surface area contributed by atoms with Crippen molar-refractivity contribution in [1.29, 1.82) is 0 Å². The molecule has 0 spiro atoms. The average Bonchev–Trinajstić information content (AvgIpc) is 3.40. The molecule has 3 aliphatic heterocycles. The fourth-order valence-electron chi connectivity index (χ4n) is 4.79. The van der Waals surface area contributed by atoms with Gasteiger partial charge in [0.25, 0.3) is 0 Å². The minimum Gasteiger partial charge on any atom is -0.485 e. The first-order chi connectivity index (χ1) is 17.7. The zero-order chi connectivity index (χ0) is 24.7. The number of aromatic nitrogens is 2. The Balaban J connectivity index is 1.50. The van der Waals surface area contributed by atoms with Gasteiger partial charge >= 0.3 is 0 Å². The Morgan fingerprint density at radius 3 is 2.72 bits per heavy atom. The second-order valence-electron chi connectivity index (χ2n) is 9.34. The molecule has 0 bridgehead atoms. The van der Waals surface area contributed by atoms with Gasteiger partial charge in [-0.25, -0.2) is 9.67 Å². The standard InChI is InChI=1S/C29H34N4O3/c1-2-3-5-12-27(34)28-18-25-24(21-36-28)26(32-14-16-35-17-15-32)11-8-13-29(31-25)33-20-23(19-30-33)22-9-6-4-7-10-22/h4,6-7,9-11,18-20H,2-3,5,8,12-17,21H2,1H3/b26-11+,31-29?. The van der Waals surface area contributed by atoms with Crippen LogP contribution in [0.1, 0.15) is 45.4 Å². The van der Waals surface area contributed by atoms with Crippen molar-refractivity contribution < 1.29 is 14.3 Å². The van der Waals surface area contributed by atoms with Gasteiger partial charge in [0, 0.05) is 55.0 Å². The molecule has 5 rings (SSSR count). The van der Waals surface area contributed by atoms with Gasteiger partial charge in [-0.15, -0.1) is 0 Å². The van der Waals surface area contributed by atoms with Gasteiger partial charge in [-0.05, 0) is 18.4 Å². The number of nitrogens with zero attached hydrogens (tertiary/aromatic N) is 4. The Bertz CT molecular complexity index is 1200. The summed E-state index contributed by atoms with van der Waals surface area (Å²) in [4.78, 5) is 20.3. The van der Waals surface area contributed by atoms with Crippen molar-refractivity contribution >= 4 is 11.6 Å². The first-order valence-electron chi connectivity index (χ1n) is 13.0. The van der Waals surface area contributed by atoms with Crippen LogP contribution < -0.4 is 0 Å². The van der Waals surface area contributed by atoms with Crippen molar-refractivity contribution in [1.82, 2.24) is 14.7 Å². The number of aliphatic imine (C=N–C) groups is 1. The molecule has 0 amide bonds. The number of morpholine rings is 1. The van der Waals surface area contributed by atoms with E-state index in [4.69, 9.17) is 14.5 Å². The first-order valence-corrected chi connectivity index (χ1v) is 13.0. The van der Waals surface area contributed by atoms with Crippen molar-refractivity contribution in [3.05, 3.63) is 77.6 Å². The summed E-state index contributed by atoms with van der Waals surface area (Å²) >= 11 is 0. The highest BCUT2D eigenvalue weighted by atomic mass is 16.5. The van der Waals surface area contributed by atoms with E-state index < -0.39 is 0 Å². The highest BCUT2D eigenvalue weighted by Gasteiger charge is 2.27. The molecule has 0 radical (unpaired) electrons. The third-order valence-electron chi connectivity index (χ3n) is 6.80. The first kappa shape index (κ1) is 24.3. The second-order valence-corrected chi connectivity index (χ2v) is 9.34. The molecule has 0 saturated carbocycles. The maximum Gasteiger partial charge on any atom is 0.197 e. The minimum atomic E-state index is 0.0520. The van der Waals surface area contributed by atoms with Crippen LogP contribution in [0.2, 0.25) is 0 Å². The lowest BCUT2D eigenvalue weighted by molar-refractivity contribution is -0.119. The SMILES string of the molecule is CCCCCC(=O)C1=CC2=C(CO1)/C(N1CCOCC1)=C\CCC(n1cc(-c3ccccc3)cn1)=N2. The number of ether oxygens (including phenoxy) is 2. The van der Waals surface area contributed by atoms with Crippen LogP contribution in [0.15, 0.2) is 82.6 Å². The van der Waals surface area contributed by atoms with E-state index in [0.717, 1.165) is 79.1 Å². The van der Waals surface area contributed by atoms with Crippen LogP contribution >= 0.6 is 0 Å². The molecule has 0 aliphatic carbocycles. The summed E-state index contributed by atoms with van der Waals surface area (Å²) in [5.41, 5.74) is 5.14. The number of Topliss-reactive ketones (excluding diaryl/α,β-unsaturated/α-hetero) is 1. The molecule has 2 aromatic rings. The van der Waals surface area contributed by atoms with E-state index in [1.807, 2.05) is 41.4 Å². The Morgan fingerprint density at radius 2 is 1.92 bits per heavy atom. The molecule has 0 atom stereocenters. The van der Waals surface area contributed by atoms with Gasteiger partial charge < -0.3 is 14.4 Å². The number of hydrogen-bond acceptors (Lipinski definition) is 6. The normalized spacial score (nSPS) is 19.8. The predicted molar refractivity (Wildman–Crippen MR) is 140 cm³/mol. The third-order valence-corrected chi connectivity index (χ3v) is 6.80. The van der Waals surface area contributed by atoms with Crippen LogP contribution in [0.25, 0.3) is 11.1 Å². The minimum absolute atomic E-state index is 0.0520. The van der Waals surface area contributed by atoms with Gasteiger partial charge in [0.15, 0.2) is 11.5 Å². The van der Waals surface area contributed by atoms with Gasteiger partial charge in [-0.1, -0.05) is 56.2 Å². The number of allylic oxidation sites excluding steroid dienone is 3. The van der Waals surface area contributed by atoms with Crippen molar-refractivity contribution in [3.63, 3.8) is 0 Å². The highest BCUT2D eigenvalue weighted by molar-refractivity contribution is 5.94. The van der Waals surface area contributed by atoms with E-state index in [1.54, 1.807) is 0 Å². The molecule has 0 unspecified atom stereocenters. The molecule has 1 fully saturated rings. The molecule has 3 aliphatic rings. The molecule has 0 N–H and O–H groups in total. The van der Waals surface area contributed by atoms with E-state index in [-0.39, 0.29) is 5.78 Å². The molecule has 1 saturated heterocycles. The summed E-state index contributed by atoms with van der Waals surface area (Å²) in [6.07, 6.45) is 13.1. The Kier molecular flexibility index (Phi) is 7.76. The Morgan fingerprint density at radius 1 is 1.08 bits per heavy atom. The van der Waals surface area contributed by atoms with Crippen molar-refractivity contribution in [2.24, 2.45) is 4.99 Å². The lowest BCUT2D eigenvalue weighted by Crippen LogP contribution is -2.37. The van der Waals surface area contributed by atoms with Crippen LogP contribution in [0.3, 0.4) is 0 Å². The predicted octanol–water partition coefficient (Wildman–Crippen LogP) is 5.12. The molecule has 1 aromatic carbocycles. The number of ketones is 1. The topological polar surface area (TPSA) is 68.9 Å². The van der Waals surface area contributed by atoms with E-state index in [1.165, 1.54) is 0 Å². The van der Waals surface area contributed by atoms with Crippen LogP contribution in [0.5, 0.6) is 0 Å². The molecule has 36 heavy (non-hydrogen) atoms. The van der Waals surface area contributed by atoms with Crippen LogP contribution in [-0.2, 0) is 14.3 Å². The van der Waals surface area contributed by atoms with E-state index >= 15 is 0 Å². The maximum absolute atomic E-state index is 12.9. The smallest absolute Gasteiger partial charge is 0.197 e. The van der Waals surface area contributed by atoms with Gasteiger partial charge in [-0.3, -0.25) is 4.79 Å². The third kappa shape index (κ3) is 5.51. The molecule has 188 valence electrons. The van der Waals surface area contributed by atoms with Crippen molar-refractivity contribution in [2.45, 2.75) is 45.4 Å². The van der Waals surface area contributed by atoms with E-state index in [2.05, 4.69) is 35.1 Å². The van der Waals surface area contributed by atoms with Crippen LogP contribution in [0, 0.1) is 0 Å². The Labute approximate surface area is 212 Å². The summed E-state index contributed by atoms with van der Waals surface area (Å²) < 4.78 is 13.5. The van der Waals surface area contributed by atoms with Gasteiger partial charge in [0.1, 0.15) is 12.4 Å². The van der Waals surface area contributed by atoms with E-state index in [0.29, 0.717) is 32.0 Å². The van der Waals surface area contributed by atoms with Crippen LogP contribution in [-0.4, -0.2) is 59.2 Å². The quantitative estimate of drug-likeness (QED) is 0.508. The summed E-state index contributed by atoms with van der Waals surface area (Å²) in [5.74, 6) is 1.33. The number of unbranched alkanes of at least 4 members (excludes halogenated alkanes) is 2. The molecule has 1 aromatic heterocycles. The lowest BCUT2D eigenvalue weighted by atomic mass is 10.0. The number of carbonyl (C=O) groups excluding carboxylic acids is 1. The summed E-state index contributed by atoms with van der Waals surface area (Å²) in [7, 11) is 0. The molecule has 7 nitrogen and oxygen atoms in total. The van der Waals surface area contributed by atoms with Gasteiger partial charge in [0.2, 0.25) is 0 Å². The van der Waals surface area contributed by atoms with E-state index in [9.17, 15) is 4.79 Å². The molecule has 7 heteroatoms. The maximum atomic E-state index is 12.9. The van der Waals surface area contributed by atoms with Gasteiger partial charge in [-0.2, -0.15) is 5.10 Å². The molecular formula is C29H34N4O3. The number of hydrogen-bond donors (Lipinski definition) is 0. The Hall–Kier alpha value is -3.45.